The molecule has 0 bridgehead atoms. The highest BCUT2D eigenvalue weighted by Crippen LogP contribution is 2.13. The first-order valence-corrected chi connectivity index (χ1v) is 6.80. The predicted octanol–water partition coefficient (Wildman–Crippen LogP) is 2.38. The van der Waals surface area contributed by atoms with Crippen LogP contribution in [0.5, 0.6) is 0 Å². The van der Waals surface area contributed by atoms with Gasteiger partial charge < -0.3 is 10.5 Å². The molecule has 0 saturated heterocycles. The van der Waals surface area contributed by atoms with Crippen molar-refractivity contribution in [3.05, 3.63) is 35.9 Å². The number of carbonyl (C=O) groups is 2. The van der Waals surface area contributed by atoms with Gasteiger partial charge in [-0.3, -0.25) is 4.79 Å². The topological polar surface area (TPSA) is 60.2 Å². The van der Waals surface area contributed by atoms with Gasteiger partial charge in [-0.1, -0.05) is 44.2 Å². The second-order valence-corrected chi connectivity index (χ2v) is 5.49. The number of hydrogen-bond acceptors (Lipinski definition) is 3. The van der Waals surface area contributed by atoms with Crippen LogP contribution in [0.15, 0.2) is 30.3 Å². The first kappa shape index (κ1) is 15.6. The molecule has 0 aliphatic rings. The predicted molar refractivity (Wildman–Crippen MR) is 76.8 cm³/mol. The Morgan fingerprint density at radius 2 is 1.89 bits per heavy atom. The van der Waals surface area contributed by atoms with E-state index in [-0.39, 0.29) is 18.1 Å². The third-order valence-electron chi connectivity index (χ3n) is 3.14. The molecule has 0 fully saturated rings. The summed E-state index contributed by atoms with van der Waals surface area (Å²) in [6.45, 7) is 4.07. The van der Waals surface area contributed by atoms with Crippen LogP contribution in [0.3, 0.4) is 0 Å². The maximum Gasteiger partial charge on any atom is 0.150 e. The van der Waals surface area contributed by atoms with E-state index in [4.69, 9.17) is 5.73 Å². The smallest absolute Gasteiger partial charge is 0.150 e. The van der Waals surface area contributed by atoms with Gasteiger partial charge in [-0.2, -0.15) is 0 Å². The Kier molecular flexibility index (Phi) is 6.43. The van der Waals surface area contributed by atoms with Crippen LogP contribution in [0.25, 0.3) is 0 Å². The van der Waals surface area contributed by atoms with Crippen molar-refractivity contribution in [1.29, 1.82) is 0 Å². The number of rotatable bonds is 8. The SMILES string of the molecule is CC(C)C[C@H](N)C(=O)C[C@H](C=O)Cc1ccccc1. The van der Waals surface area contributed by atoms with Crippen molar-refractivity contribution in [2.24, 2.45) is 17.6 Å². The van der Waals surface area contributed by atoms with E-state index in [0.29, 0.717) is 18.8 Å². The molecule has 0 heterocycles. The van der Waals surface area contributed by atoms with Gasteiger partial charge in [0.05, 0.1) is 6.04 Å². The van der Waals surface area contributed by atoms with Gasteiger partial charge in [0.25, 0.3) is 0 Å². The third kappa shape index (κ3) is 5.79. The molecular formula is C16H23NO2. The molecule has 0 aliphatic heterocycles. The Bertz CT molecular complexity index is 400. The van der Waals surface area contributed by atoms with Crippen LogP contribution >= 0.6 is 0 Å². The van der Waals surface area contributed by atoms with Crippen molar-refractivity contribution < 1.29 is 9.59 Å². The minimum absolute atomic E-state index is 0.0123. The van der Waals surface area contributed by atoms with Gasteiger partial charge in [-0.25, -0.2) is 0 Å². The van der Waals surface area contributed by atoms with Crippen molar-refractivity contribution in [2.45, 2.75) is 39.2 Å². The summed E-state index contributed by atoms with van der Waals surface area (Å²) < 4.78 is 0. The highest BCUT2D eigenvalue weighted by molar-refractivity contribution is 5.85. The maximum absolute atomic E-state index is 12.0. The summed E-state index contributed by atoms with van der Waals surface area (Å²) in [5, 5.41) is 0. The minimum atomic E-state index is -0.446. The lowest BCUT2D eigenvalue weighted by atomic mass is 9.91. The molecule has 0 amide bonds. The van der Waals surface area contributed by atoms with Gasteiger partial charge >= 0.3 is 0 Å². The molecule has 0 aromatic heterocycles. The molecule has 3 nitrogen and oxygen atoms in total. The average Bonchev–Trinajstić information content (AvgIpc) is 2.38. The molecule has 0 aliphatic carbocycles. The second kappa shape index (κ2) is 7.85. The molecule has 104 valence electrons. The molecule has 19 heavy (non-hydrogen) atoms. The van der Waals surface area contributed by atoms with Crippen molar-refractivity contribution >= 4 is 12.1 Å². The highest BCUT2D eigenvalue weighted by Gasteiger charge is 2.20. The Labute approximate surface area is 115 Å². The van der Waals surface area contributed by atoms with Crippen LogP contribution < -0.4 is 5.73 Å². The zero-order valence-electron chi connectivity index (χ0n) is 11.7. The molecule has 1 rings (SSSR count). The van der Waals surface area contributed by atoms with Crippen molar-refractivity contribution in [3.8, 4) is 0 Å². The molecule has 2 N–H and O–H groups in total. The van der Waals surface area contributed by atoms with Gasteiger partial charge in [0, 0.05) is 12.3 Å². The Morgan fingerprint density at radius 3 is 2.42 bits per heavy atom. The van der Waals surface area contributed by atoms with Crippen molar-refractivity contribution in [3.63, 3.8) is 0 Å². The fourth-order valence-corrected chi connectivity index (χ4v) is 2.13. The lowest BCUT2D eigenvalue weighted by Gasteiger charge is -2.15. The molecule has 0 spiro atoms. The van der Waals surface area contributed by atoms with Crippen LogP contribution in [0.2, 0.25) is 0 Å². The molecule has 1 aromatic rings. The summed E-state index contributed by atoms with van der Waals surface area (Å²) in [6, 6.07) is 9.29. The van der Waals surface area contributed by atoms with Crippen LogP contribution in [0, 0.1) is 11.8 Å². The van der Waals surface area contributed by atoms with E-state index in [2.05, 4.69) is 0 Å². The van der Waals surface area contributed by atoms with E-state index >= 15 is 0 Å². The van der Waals surface area contributed by atoms with Gasteiger partial charge in [0.1, 0.15) is 12.1 Å². The standard InChI is InChI=1S/C16H23NO2/c1-12(2)8-15(17)16(19)10-14(11-18)9-13-6-4-3-5-7-13/h3-7,11-12,14-15H,8-10,17H2,1-2H3/t14-,15+/m1/s1. The number of hydrogen-bond donors (Lipinski definition) is 1. The first-order chi connectivity index (χ1) is 9.02. The number of benzene rings is 1. The first-order valence-electron chi connectivity index (χ1n) is 6.80. The Balaban J connectivity index is 2.52. The Hall–Kier alpha value is -1.48. The normalized spacial score (nSPS) is 14.1. The van der Waals surface area contributed by atoms with E-state index in [1.807, 2.05) is 44.2 Å². The summed E-state index contributed by atoms with van der Waals surface area (Å²) in [5.74, 6) is 0.109. The monoisotopic (exact) mass is 261 g/mol. The zero-order valence-corrected chi connectivity index (χ0v) is 11.7. The van der Waals surface area contributed by atoms with Crippen molar-refractivity contribution in [1.82, 2.24) is 0 Å². The summed E-state index contributed by atoms with van der Waals surface area (Å²) in [6.07, 6.45) is 2.39. The molecule has 0 radical (unpaired) electrons. The van der Waals surface area contributed by atoms with E-state index in [1.165, 1.54) is 0 Å². The highest BCUT2D eigenvalue weighted by atomic mass is 16.1. The van der Waals surface area contributed by atoms with E-state index in [1.54, 1.807) is 0 Å². The minimum Gasteiger partial charge on any atom is -0.322 e. The quantitative estimate of drug-likeness (QED) is 0.731. The number of aldehydes is 1. The fraction of sp³-hybridized carbons (Fsp3) is 0.500. The van der Waals surface area contributed by atoms with Crippen LogP contribution in [0.4, 0.5) is 0 Å². The molecule has 1 aromatic carbocycles. The second-order valence-electron chi connectivity index (χ2n) is 5.49. The van der Waals surface area contributed by atoms with E-state index < -0.39 is 6.04 Å². The van der Waals surface area contributed by atoms with Crippen LogP contribution in [-0.2, 0) is 16.0 Å². The summed E-state index contributed by atoms with van der Waals surface area (Å²) >= 11 is 0. The molecule has 0 saturated carbocycles. The van der Waals surface area contributed by atoms with Gasteiger partial charge in [-0.05, 0) is 24.3 Å². The summed E-state index contributed by atoms with van der Waals surface area (Å²) in [4.78, 5) is 23.1. The van der Waals surface area contributed by atoms with Crippen molar-refractivity contribution in [2.75, 3.05) is 0 Å². The molecular weight excluding hydrogens is 238 g/mol. The third-order valence-corrected chi connectivity index (χ3v) is 3.14. The number of Topliss-reactive ketones (excluding diaryl/α,β-unsaturated/α-hetero) is 1. The summed E-state index contributed by atoms with van der Waals surface area (Å²) in [5.41, 5.74) is 6.92. The number of nitrogens with two attached hydrogens (primary N) is 1. The lowest BCUT2D eigenvalue weighted by molar-refractivity contribution is -0.124. The fourth-order valence-electron chi connectivity index (χ4n) is 2.13. The van der Waals surface area contributed by atoms with E-state index in [0.717, 1.165) is 11.8 Å². The number of ketones is 1. The Morgan fingerprint density at radius 1 is 1.26 bits per heavy atom. The van der Waals surface area contributed by atoms with Gasteiger partial charge in [0.15, 0.2) is 0 Å². The maximum atomic E-state index is 12.0. The molecule has 3 heteroatoms. The zero-order chi connectivity index (χ0) is 14.3. The van der Waals surface area contributed by atoms with E-state index in [9.17, 15) is 9.59 Å². The lowest BCUT2D eigenvalue weighted by Crippen LogP contribution is -2.33. The van der Waals surface area contributed by atoms with Gasteiger partial charge in [0.2, 0.25) is 0 Å². The van der Waals surface area contributed by atoms with Gasteiger partial charge in [-0.15, -0.1) is 0 Å². The largest absolute Gasteiger partial charge is 0.322 e. The van der Waals surface area contributed by atoms with Crippen LogP contribution in [0.1, 0.15) is 32.3 Å². The molecule has 2 atom stereocenters. The molecule has 0 unspecified atom stereocenters. The average molecular weight is 261 g/mol. The van der Waals surface area contributed by atoms with Crippen LogP contribution in [-0.4, -0.2) is 18.1 Å². The number of carbonyl (C=O) groups excluding carboxylic acids is 2. The summed E-state index contributed by atoms with van der Waals surface area (Å²) in [7, 11) is 0.